The molecule has 3 N–H and O–H groups in total. The average molecular weight is 417 g/mol. The van der Waals surface area contributed by atoms with Crippen molar-refractivity contribution in [3.63, 3.8) is 0 Å². The number of hydrogen-bond donors (Lipinski definition) is 3. The molecule has 0 bridgehead atoms. The van der Waals surface area contributed by atoms with Crippen LogP contribution in [0.1, 0.15) is 44.2 Å². The Hall–Kier alpha value is -2.93. The molecule has 0 radical (unpaired) electrons. The van der Waals surface area contributed by atoms with Crippen molar-refractivity contribution in [1.29, 1.82) is 0 Å². The molecule has 0 unspecified atom stereocenters. The minimum absolute atomic E-state index is 0.0136. The average Bonchev–Trinajstić information content (AvgIpc) is 2.75. The number of aliphatic hydroxyl groups is 1. The lowest BCUT2D eigenvalue weighted by Crippen LogP contribution is -2.40. The maximum Gasteiger partial charge on any atom is 0.306 e. The van der Waals surface area contributed by atoms with Crippen LogP contribution in [0.3, 0.4) is 0 Å². The molecule has 0 aliphatic carbocycles. The topological polar surface area (TPSA) is 105 Å². The first-order chi connectivity index (χ1) is 14.4. The molecule has 0 spiro atoms. The van der Waals surface area contributed by atoms with Gasteiger partial charge in [0.2, 0.25) is 11.8 Å². The third-order valence-electron chi connectivity index (χ3n) is 4.42. The van der Waals surface area contributed by atoms with Crippen molar-refractivity contribution in [1.82, 2.24) is 10.6 Å². The fraction of sp³-hybridized carbons (Fsp3) is 0.435. The molecule has 7 nitrogen and oxygen atoms in total. The molecule has 1 aromatic rings. The van der Waals surface area contributed by atoms with Gasteiger partial charge in [-0.2, -0.15) is 0 Å². The number of carbonyl (C=O) groups excluding carboxylic acids is 3. The van der Waals surface area contributed by atoms with E-state index in [0.29, 0.717) is 12.8 Å². The fourth-order valence-electron chi connectivity index (χ4n) is 2.75. The largest absolute Gasteiger partial charge is 0.463 e. The molecule has 0 saturated carbocycles. The van der Waals surface area contributed by atoms with Gasteiger partial charge >= 0.3 is 5.97 Å². The summed E-state index contributed by atoms with van der Waals surface area (Å²) in [5.41, 5.74) is 0.790. The van der Waals surface area contributed by atoms with Crippen molar-refractivity contribution in [3.8, 4) is 0 Å². The zero-order valence-electron chi connectivity index (χ0n) is 17.5. The van der Waals surface area contributed by atoms with Crippen molar-refractivity contribution >= 4 is 17.8 Å². The second-order valence-corrected chi connectivity index (χ2v) is 7.06. The van der Waals surface area contributed by atoms with Crippen molar-refractivity contribution in [2.75, 3.05) is 13.2 Å². The lowest BCUT2D eigenvalue weighted by molar-refractivity contribution is -0.145. The number of nitrogens with one attached hydrogen (secondary N) is 2. The van der Waals surface area contributed by atoms with Gasteiger partial charge in [-0.1, -0.05) is 42.5 Å². The summed E-state index contributed by atoms with van der Waals surface area (Å²) in [6, 6.07) is 8.25. The number of ether oxygens (including phenoxy) is 1. The molecule has 0 fully saturated rings. The number of aliphatic hydroxyl groups excluding tert-OH is 1. The predicted octanol–water partition coefficient (Wildman–Crippen LogP) is 2.43. The second kappa shape index (κ2) is 14.1. The monoisotopic (exact) mass is 416 g/mol. The normalized spacial score (nSPS) is 13.4. The molecule has 1 aromatic carbocycles. The van der Waals surface area contributed by atoms with E-state index in [1.807, 2.05) is 30.3 Å². The van der Waals surface area contributed by atoms with Gasteiger partial charge in [-0.05, 0) is 25.3 Å². The third kappa shape index (κ3) is 9.52. The number of benzene rings is 1. The van der Waals surface area contributed by atoms with E-state index in [9.17, 15) is 14.4 Å². The van der Waals surface area contributed by atoms with Crippen LogP contribution in [0.25, 0.3) is 0 Å². The van der Waals surface area contributed by atoms with Gasteiger partial charge in [0.05, 0.1) is 18.6 Å². The number of esters is 1. The predicted molar refractivity (Wildman–Crippen MR) is 115 cm³/mol. The summed E-state index contributed by atoms with van der Waals surface area (Å²) >= 11 is 0. The number of carbonyl (C=O) groups is 3. The van der Waals surface area contributed by atoms with Crippen molar-refractivity contribution < 1.29 is 24.2 Å². The first-order valence-corrected chi connectivity index (χ1v) is 10.0. The van der Waals surface area contributed by atoms with E-state index in [0.717, 1.165) is 5.56 Å². The van der Waals surface area contributed by atoms with Gasteiger partial charge in [0, 0.05) is 18.9 Å². The SMILES string of the molecule is C=CCCC(=O)OC[C@@H](NC(=O)[C@@H](CC=C)CC(=O)N[C@@H](C)CO)c1ccccc1. The lowest BCUT2D eigenvalue weighted by atomic mass is 9.98. The zero-order chi connectivity index (χ0) is 22.4. The summed E-state index contributed by atoms with van der Waals surface area (Å²) in [6.07, 6.45) is 4.24. The minimum Gasteiger partial charge on any atom is -0.463 e. The quantitative estimate of drug-likeness (QED) is 0.319. The number of allylic oxidation sites excluding steroid dienone is 2. The van der Waals surface area contributed by atoms with E-state index < -0.39 is 18.0 Å². The Morgan fingerprint density at radius 1 is 1.13 bits per heavy atom. The van der Waals surface area contributed by atoms with Crippen LogP contribution >= 0.6 is 0 Å². The van der Waals surface area contributed by atoms with E-state index in [2.05, 4.69) is 23.8 Å². The van der Waals surface area contributed by atoms with Crippen LogP contribution in [0.15, 0.2) is 55.6 Å². The highest BCUT2D eigenvalue weighted by molar-refractivity contribution is 5.86. The van der Waals surface area contributed by atoms with Gasteiger partial charge < -0.3 is 20.5 Å². The summed E-state index contributed by atoms with van der Waals surface area (Å²) in [7, 11) is 0. The van der Waals surface area contributed by atoms with E-state index in [1.165, 1.54) is 0 Å². The molecule has 0 aromatic heterocycles. The molecule has 3 atom stereocenters. The van der Waals surface area contributed by atoms with Crippen molar-refractivity contribution in [3.05, 3.63) is 61.2 Å². The molecular formula is C23H32N2O5. The third-order valence-corrected chi connectivity index (χ3v) is 4.42. The van der Waals surface area contributed by atoms with Crippen molar-refractivity contribution in [2.45, 2.75) is 44.7 Å². The van der Waals surface area contributed by atoms with Crippen LogP contribution in [-0.2, 0) is 19.1 Å². The van der Waals surface area contributed by atoms with Crippen LogP contribution < -0.4 is 10.6 Å². The van der Waals surface area contributed by atoms with Gasteiger partial charge in [0.15, 0.2) is 0 Å². The summed E-state index contributed by atoms with van der Waals surface area (Å²) in [5.74, 6) is -1.66. The van der Waals surface area contributed by atoms with Crippen LogP contribution in [0.4, 0.5) is 0 Å². The van der Waals surface area contributed by atoms with E-state index in [1.54, 1.807) is 19.1 Å². The zero-order valence-corrected chi connectivity index (χ0v) is 17.5. The standard InChI is InChI=1S/C23H32N2O5/c1-4-6-13-22(28)30-16-20(18-11-8-7-9-12-18)25-23(29)19(10-5-2)14-21(27)24-17(3)15-26/h4-5,7-9,11-12,17,19-20,26H,1-2,6,10,13-16H2,3H3,(H,24,27)(H,25,29)/t17-,19-,20+/m0/s1. The van der Waals surface area contributed by atoms with Gasteiger partial charge in [-0.25, -0.2) is 0 Å². The fourth-order valence-corrected chi connectivity index (χ4v) is 2.75. The maximum atomic E-state index is 12.9. The Morgan fingerprint density at radius 3 is 2.43 bits per heavy atom. The maximum absolute atomic E-state index is 12.9. The summed E-state index contributed by atoms with van der Waals surface area (Å²) < 4.78 is 5.32. The molecular weight excluding hydrogens is 384 g/mol. The van der Waals surface area contributed by atoms with Gasteiger partial charge in [0.1, 0.15) is 6.61 Å². The molecule has 0 saturated heterocycles. The van der Waals surface area contributed by atoms with E-state index in [-0.39, 0.29) is 43.8 Å². The highest BCUT2D eigenvalue weighted by atomic mass is 16.5. The van der Waals surface area contributed by atoms with Gasteiger partial charge in [0.25, 0.3) is 0 Å². The minimum atomic E-state index is -0.629. The van der Waals surface area contributed by atoms with Crippen LogP contribution in [0.2, 0.25) is 0 Å². The first kappa shape index (κ1) is 25.1. The van der Waals surface area contributed by atoms with Crippen LogP contribution in [-0.4, -0.2) is 42.1 Å². The Morgan fingerprint density at radius 2 is 1.83 bits per heavy atom. The van der Waals surface area contributed by atoms with Crippen molar-refractivity contribution in [2.24, 2.45) is 5.92 Å². The number of hydrogen-bond acceptors (Lipinski definition) is 5. The summed E-state index contributed by atoms with van der Waals surface area (Å²) in [4.78, 5) is 36.9. The molecule has 2 amide bonds. The Kier molecular flexibility index (Phi) is 11.8. The molecule has 1 rings (SSSR count). The molecule has 7 heteroatoms. The van der Waals surface area contributed by atoms with Gasteiger partial charge in [-0.3, -0.25) is 14.4 Å². The summed E-state index contributed by atoms with van der Waals surface area (Å²) in [6.45, 7) is 8.72. The Bertz CT molecular complexity index is 705. The second-order valence-electron chi connectivity index (χ2n) is 7.06. The van der Waals surface area contributed by atoms with E-state index in [4.69, 9.17) is 9.84 Å². The Labute approximate surface area is 178 Å². The van der Waals surface area contributed by atoms with E-state index >= 15 is 0 Å². The number of amides is 2. The molecule has 0 aliphatic heterocycles. The molecule has 164 valence electrons. The Balaban J connectivity index is 2.83. The molecule has 30 heavy (non-hydrogen) atoms. The first-order valence-electron chi connectivity index (χ1n) is 10.0. The smallest absolute Gasteiger partial charge is 0.306 e. The summed E-state index contributed by atoms with van der Waals surface area (Å²) in [5, 5.41) is 14.6. The number of rotatable bonds is 14. The lowest BCUT2D eigenvalue weighted by Gasteiger charge is -2.23. The van der Waals surface area contributed by atoms with Gasteiger partial charge in [-0.15, -0.1) is 13.2 Å². The van der Waals surface area contributed by atoms with Crippen LogP contribution in [0, 0.1) is 5.92 Å². The highest BCUT2D eigenvalue weighted by Gasteiger charge is 2.25. The van der Waals surface area contributed by atoms with Crippen LogP contribution in [0.5, 0.6) is 0 Å². The highest BCUT2D eigenvalue weighted by Crippen LogP contribution is 2.17. The molecule has 0 heterocycles. The molecule has 0 aliphatic rings.